The number of thioether (sulfide) groups is 1. The van der Waals surface area contributed by atoms with Crippen LogP contribution >= 0.6 is 11.8 Å². The number of ether oxygens (including phenoxy) is 2. The minimum Gasteiger partial charge on any atom is -0.497 e. The van der Waals surface area contributed by atoms with E-state index in [1.54, 1.807) is 35.5 Å². The van der Waals surface area contributed by atoms with Crippen molar-refractivity contribution in [1.82, 2.24) is 25.1 Å². The molecule has 1 amide bonds. The van der Waals surface area contributed by atoms with Crippen molar-refractivity contribution in [1.29, 1.82) is 0 Å². The highest BCUT2D eigenvalue weighted by Crippen LogP contribution is 2.24. The third-order valence-corrected chi connectivity index (χ3v) is 5.92. The van der Waals surface area contributed by atoms with Gasteiger partial charge in [-0.05, 0) is 35.9 Å². The van der Waals surface area contributed by atoms with Crippen LogP contribution in [0.5, 0.6) is 11.6 Å². The molecule has 8 nitrogen and oxygen atoms in total. The molecule has 2 aromatic heterocycles. The molecule has 2 aromatic carbocycles. The molecule has 4 rings (SSSR count). The topological polar surface area (TPSA) is 90.6 Å². The molecule has 0 saturated heterocycles. The molecule has 176 valence electrons. The molecule has 0 aliphatic carbocycles. The van der Waals surface area contributed by atoms with Gasteiger partial charge in [0.15, 0.2) is 11.5 Å². The molecule has 0 atom stereocenters. The minimum atomic E-state index is -0.0459. The fraction of sp³-hybridized carbons (Fsp3) is 0.280. The van der Waals surface area contributed by atoms with E-state index < -0.39 is 0 Å². The number of carbonyl (C=O) groups excluding carboxylic acids is 1. The summed E-state index contributed by atoms with van der Waals surface area (Å²) in [5.74, 6) is 1.69. The second-order valence-electron chi connectivity index (χ2n) is 7.88. The standard InChI is InChI=1S/C25H27N5O3S/c1-17(2)34-21-9-7-18(8-10-21)15-23(31)26-13-14-33-24-12-11-22-27-28-25(30(22)29-24)19-5-4-6-20(16-19)32-3/h4-12,16-17H,13-15H2,1-3H3,(H,26,31). The van der Waals surface area contributed by atoms with Crippen LogP contribution < -0.4 is 14.8 Å². The lowest BCUT2D eigenvalue weighted by Gasteiger charge is -2.09. The van der Waals surface area contributed by atoms with Crippen molar-refractivity contribution in [3.05, 3.63) is 66.2 Å². The zero-order chi connectivity index (χ0) is 23.9. The Morgan fingerprint density at radius 2 is 1.91 bits per heavy atom. The molecule has 1 N–H and O–H groups in total. The Morgan fingerprint density at radius 1 is 1.09 bits per heavy atom. The van der Waals surface area contributed by atoms with Crippen LogP contribution in [0.4, 0.5) is 0 Å². The van der Waals surface area contributed by atoms with E-state index in [0.717, 1.165) is 16.9 Å². The summed E-state index contributed by atoms with van der Waals surface area (Å²) in [6.07, 6.45) is 0.335. The van der Waals surface area contributed by atoms with Crippen LogP contribution in [0.2, 0.25) is 0 Å². The summed E-state index contributed by atoms with van der Waals surface area (Å²) >= 11 is 1.80. The van der Waals surface area contributed by atoms with Crippen LogP contribution in [0, 0.1) is 0 Å². The van der Waals surface area contributed by atoms with Gasteiger partial charge >= 0.3 is 0 Å². The zero-order valence-electron chi connectivity index (χ0n) is 19.4. The van der Waals surface area contributed by atoms with Crippen LogP contribution in [-0.2, 0) is 11.2 Å². The molecule has 4 aromatic rings. The number of aromatic nitrogens is 4. The van der Waals surface area contributed by atoms with Crippen molar-refractivity contribution in [2.24, 2.45) is 0 Å². The summed E-state index contributed by atoms with van der Waals surface area (Å²) in [5, 5.41) is 16.3. The molecule has 34 heavy (non-hydrogen) atoms. The Balaban J connectivity index is 1.30. The SMILES string of the molecule is COc1cccc(-c2nnc3ccc(OCCNC(=O)Cc4ccc(SC(C)C)cc4)nn23)c1. The average Bonchev–Trinajstić information content (AvgIpc) is 3.26. The highest BCUT2D eigenvalue weighted by molar-refractivity contribution is 7.99. The number of rotatable bonds is 10. The van der Waals surface area contributed by atoms with Crippen molar-refractivity contribution in [3.8, 4) is 23.0 Å². The van der Waals surface area contributed by atoms with Gasteiger partial charge in [0.1, 0.15) is 12.4 Å². The van der Waals surface area contributed by atoms with Gasteiger partial charge in [0, 0.05) is 21.8 Å². The first-order chi connectivity index (χ1) is 16.5. The molecular weight excluding hydrogens is 450 g/mol. The van der Waals surface area contributed by atoms with Gasteiger partial charge in [0.25, 0.3) is 0 Å². The lowest BCUT2D eigenvalue weighted by Crippen LogP contribution is -2.29. The van der Waals surface area contributed by atoms with Gasteiger partial charge in [-0.3, -0.25) is 4.79 Å². The van der Waals surface area contributed by atoms with E-state index in [-0.39, 0.29) is 5.91 Å². The number of nitrogens with one attached hydrogen (secondary N) is 1. The van der Waals surface area contributed by atoms with Crippen molar-refractivity contribution >= 4 is 23.3 Å². The molecule has 0 radical (unpaired) electrons. The second-order valence-corrected chi connectivity index (χ2v) is 9.53. The maximum Gasteiger partial charge on any atom is 0.231 e. The highest BCUT2D eigenvalue weighted by atomic mass is 32.2. The summed E-state index contributed by atoms with van der Waals surface area (Å²) in [6, 6.07) is 19.2. The lowest BCUT2D eigenvalue weighted by molar-refractivity contribution is -0.120. The number of benzene rings is 2. The Bertz CT molecular complexity index is 1260. The fourth-order valence-electron chi connectivity index (χ4n) is 3.34. The molecule has 0 bridgehead atoms. The molecule has 2 heterocycles. The van der Waals surface area contributed by atoms with E-state index in [2.05, 4.69) is 46.6 Å². The average molecular weight is 478 g/mol. The highest BCUT2D eigenvalue weighted by Gasteiger charge is 2.11. The third-order valence-electron chi connectivity index (χ3n) is 4.90. The van der Waals surface area contributed by atoms with Gasteiger partial charge in [-0.1, -0.05) is 38.1 Å². The Hall–Kier alpha value is -3.59. The third kappa shape index (κ3) is 6.05. The normalized spacial score (nSPS) is 11.1. The summed E-state index contributed by atoms with van der Waals surface area (Å²) < 4.78 is 12.7. The number of carbonyl (C=O) groups is 1. The maximum atomic E-state index is 12.3. The van der Waals surface area contributed by atoms with Gasteiger partial charge in [0.2, 0.25) is 11.8 Å². The van der Waals surface area contributed by atoms with Crippen molar-refractivity contribution in [2.75, 3.05) is 20.3 Å². The van der Waals surface area contributed by atoms with Crippen LogP contribution in [0.1, 0.15) is 19.4 Å². The van der Waals surface area contributed by atoms with E-state index in [1.165, 1.54) is 4.90 Å². The fourth-order valence-corrected chi connectivity index (χ4v) is 4.18. The van der Waals surface area contributed by atoms with Crippen molar-refractivity contribution in [2.45, 2.75) is 30.4 Å². The van der Waals surface area contributed by atoms with Gasteiger partial charge in [0.05, 0.1) is 20.1 Å². The molecule has 0 fully saturated rings. The number of nitrogens with zero attached hydrogens (tertiary/aromatic N) is 4. The molecule has 0 aliphatic rings. The van der Waals surface area contributed by atoms with Crippen LogP contribution in [0.25, 0.3) is 17.0 Å². The molecule has 0 aliphatic heterocycles. The molecule has 0 spiro atoms. The van der Waals surface area contributed by atoms with Crippen LogP contribution in [0.3, 0.4) is 0 Å². The number of hydrogen-bond donors (Lipinski definition) is 1. The number of methoxy groups -OCH3 is 1. The number of amides is 1. The van der Waals surface area contributed by atoms with E-state index in [0.29, 0.717) is 42.2 Å². The van der Waals surface area contributed by atoms with E-state index >= 15 is 0 Å². The zero-order valence-corrected chi connectivity index (χ0v) is 20.2. The summed E-state index contributed by atoms with van der Waals surface area (Å²) in [7, 11) is 1.62. The first kappa shape index (κ1) is 23.6. The van der Waals surface area contributed by atoms with Gasteiger partial charge < -0.3 is 14.8 Å². The quantitative estimate of drug-likeness (QED) is 0.272. The lowest BCUT2D eigenvalue weighted by atomic mass is 10.1. The molecule has 0 saturated carbocycles. The first-order valence-corrected chi connectivity index (χ1v) is 11.9. The Morgan fingerprint density at radius 3 is 2.68 bits per heavy atom. The van der Waals surface area contributed by atoms with Crippen molar-refractivity contribution < 1.29 is 14.3 Å². The van der Waals surface area contributed by atoms with Gasteiger partial charge in [-0.15, -0.1) is 27.1 Å². The predicted molar refractivity (Wildman–Crippen MR) is 132 cm³/mol. The molecular formula is C25H27N5O3S. The summed E-state index contributed by atoms with van der Waals surface area (Å²) in [5.41, 5.74) is 2.42. The van der Waals surface area contributed by atoms with E-state index in [4.69, 9.17) is 9.47 Å². The summed E-state index contributed by atoms with van der Waals surface area (Å²) in [6.45, 7) is 5.00. The van der Waals surface area contributed by atoms with Crippen LogP contribution in [0.15, 0.2) is 65.6 Å². The minimum absolute atomic E-state index is 0.0459. The number of fused-ring (bicyclic) bond motifs is 1. The smallest absolute Gasteiger partial charge is 0.231 e. The van der Waals surface area contributed by atoms with Crippen LogP contribution in [-0.4, -0.2) is 51.2 Å². The van der Waals surface area contributed by atoms with Gasteiger partial charge in [-0.25, -0.2) is 0 Å². The van der Waals surface area contributed by atoms with Gasteiger partial charge in [-0.2, -0.15) is 4.52 Å². The first-order valence-electron chi connectivity index (χ1n) is 11.0. The predicted octanol–water partition coefficient (Wildman–Crippen LogP) is 4.04. The molecule has 9 heteroatoms. The largest absolute Gasteiger partial charge is 0.497 e. The number of hydrogen-bond acceptors (Lipinski definition) is 7. The second kappa shape index (κ2) is 11.0. The Labute approximate surface area is 202 Å². The van der Waals surface area contributed by atoms with Crippen molar-refractivity contribution in [3.63, 3.8) is 0 Å². The Kier molecular flexibility index (Phi) is 7.64. The monoisotopic (exact) mass is 477 g/mol. The van der Waals surface area contributed by atoms with E-state index in [9.17, 15) is 4.79 Å². The maximum absolute atomic E-state index is 12.3. The summed E-state index contributed by atoms with van der Waals surface area (Å²) in [4.78, 5) is 13.5. The molecule has 0 unspecified atom stereocenters. The van der Waals surface area contributed by atoms with E-state index in [1.807, 2.05) is 36.4 Å².